The predicted octanol–water partition coefficient (Wildman–Crippen LogP) is 0.554. The van der Waals surface area contributed by atoms with Crippen molar-refractivity contribution in [2.75, 3.05) is 6.61 Å². The van der Waals surface area contributed by atoms with Crippen molar-refractivity contribution in [1.29, 1.82) is 0 Å². The number of benzene rings is 1. The van der Waals surface area contributed by atoms with Crippen LogP contribution in [0.15, 0.2) is 45.8 Å². The molecular weight excluding hydrogens is 380 g/mol. The fourth-order valence-electron chi connectivity index (χ4n) is 3.06. The molecule has 0 unspecified atom stereocenters. The van der Waals surface area contributed by atoms with Crippen molar-refractivity contribution in [3.05, 3.63) is 64.1 Å². The molecule has 0 saturated heterocycles. The lowest BCUT2D eigenvalue weighted by Gasteiger charge is -2.08. The number of carbonyl (C=O) groups excluding carboxylic acids is 3. The lowest BCUT2D eigenvalue weighted by atomic mass is 10.1. The fraction of sp³-hybridized carbons (Fsp3) is 0.211. The van der Waals surface area contributed by atoms with E-state index < -0.39 is 24.4 Å². The van der Waals surface area contributed by atoms with E-state index in [1.807, 2.05) is 0 Å². The van der Waals surface area contributed by atoms with Crippen LogP contribution in [0.1, 0.15) is 33.2 Å². The Morgan fingerprint density at radius 1 is 1.21 bits per heavy atom. The number of furan rings is 1. The minimum Gasteiger partial charge on any atom is -0.459 e. The van der Waals surface area contributed by atoms with E-state index in [0.717, 1.165) is 6.42 Å². The number of nitrogens with zero attached hydrogens (tertiary/aromatic N) is 2. The van der Waals surface area contributed by atoms with E-state index in [1.54, 1.807) is 4.57 Å². The third-order valence-corrected chi connectivity index (χ3v) is 4.45. The fourth-order valence-corrected chi connectivity index (χ4v) is 3.06. The number of hydrogen-bond acceptors (Lipinski definition) is 7. The molecular formula is C19H16N4O6. The summed E-state index contributed by atoms with van der Waals surface area (Å²) < 4.78 is 11.5. The van der Waals surface area contributed by atoms with Gasteiger partial charge in [-0.2, -0.15) is 0 Å². The Labute approximate surface area is 163 Å². The molecule has 0 bridgehead atoms. The van der Waals surface area contributed by atoms with E-state index in [-0.39, 0.29) is 16.9 Å². The highest BCUT2D eigenvalue weighted by Crippen LogP contribution is 2.16. The average molecular weight is 396 g/mol. The van der Waals surface area contributed by atoms with Crippen LogP contribution in [0.5, 0.6) is 0 Å². The number of hydrazine groups is 1. The normalized spacial score (nSPS) is 12.4. The molecule has 0 fully saturated rings. The maximum atomic E-state index is 12.4. The minimum atomic E-state index is -0.748. The van der Waals surface area contributed by atoms with Gasteiger partial charge in [0.15, 0.2) is 12.4 Å². The van der Waals surface area contributed by atoms with E-state index in [4.69, 9.17) is 9.15 Å². The highest BCUT2D eigenvalue weighted by atomic mass is 16.5. The molecule has 2 aromatic heterocycles. The Morgan fingerprint density at radius 2 is 2.07 bits per heavy atom. The Morgan fingerprint density at radius 3 is 2.86 bits per heavy atom. The van der Waals surface area contributed by atoms with E-state index >= 15 is 0 Å². The molecule has 2 N–H and O–H groups in total. The van der Waals surface area contributed by atoms with Crippen molar-refractivity contribution >= 4 is 28.7 Å². The van der Waals surface area contributed by atoms with E-state index in [2.05, 4.69) is 15.8 Å². The van der Waals surface area contributed by atoms with Crippen molar-refractivity contribution in [2.24, 2.45) is 0 Å². The minimum absolute atomic E-state index is 0.0216. The standard InChI is InChI=1S/C19H16N4O6/c24-16(21-22-17(25)14-3-2-8-28-14)10-29-19(27)11-5-6-12-13(9-11)20-15-4-1-7-23(15)18(12)26/h2-3,5-6,8-9H,1,4,7,10H2,(H,21,24)(H,22,25). The zero-order valence-electron chi connectivity index (χ0n) is 15.1. The number of nitrogens with one attached hydrogen (secondary N) is 2. The van der Waals surface area contributed by atoms with Gasteiger partial charge in [0.25, 0.3) is 11.5 Å². The maximum absolute atomic E-state index is 12.4. The Bertz CT molecular complexity index is 1170. The van der Waals surface area contributed by atoms with Crippen molar-refractivity contribution in [2.45, 2.75) is 19.4 Å². The molecule has 10 nitrogen and oxygen atoms in total. The van der Waals surface area contributed by atoms with Crippen molar-refractivity contribution in [1.82, 2.24) is 20.4 Å². The SMILES string of the molecule is O=C(COC(=O)c1ccc2c(=O)n3c(nc2c1)CCC3)NNC(=O)c1ccco1. The van der Waals surface area contributed by atoms with Crippen LogP contribution in [0, 0.1) is 0 Å². The third-order valence-electron chi connectivity index (χ3n) is 4.45. The second-order valence-electron chi connectivity index (χ2n) is 6.38. The van der Waals surface area contributed by atoms with Gasteiger partial charge < -0.3 is 9.15 Å². The topological polar surface area (TPSA) is 133 Å². The summed E-state index contributed by atoms with van der Waals surface area (Å²) in [6.07, 6.45) is 2.89. The van der Waals surface area contributed by atoms with Crippen LogP contribution in [0.25, 0.3) is 10.9 Å². The molecule has 3 heterocycles. The molecule has 1 aromatic carbocycles. The first-order chi connectivity index (χ1) is 14.0. The number of rotatable bonds is 4. The largest absolute Gasteiger partial charge is 0.459 e. The molecule has 0 radical (unpaired) electrons. The summed E-state index contributed by atoms with van der Waals surface area (Å²) in [7, 11) is 0. The quantitative estimate of drug-likeness (QED) is 0.486. The molecule has 0 spiro atoms. The second kappa shape index (κ2) is 7.58. The molecule has 29 heavy (non-hydrogen) atoms. The van der Waals surface area contributed by atoms with Gasteiger partial charge in [0.1, 0.15) is 5.82 Å². The molecule has 1 aliphatic heterocycles. The van der Waals surface area contributed by atoms with Gasteiger partial charge in [0.2, 0.25) is 0 Å². The number of esters is 1. The van der Waals surface area contributed by atoms with Crippen LogP contribution in [-0.2, 0) is 22.5 Å². The van der Waals surface area contributed by atoms with Gasteiger partial charge in [-0.25, -0.2) is 9.78 Å². The molecule has 10 heteroatoms. The number of aromatic nitrogens is 2. The van der Waals surface area contributed by atoms with Crippen LogP contribution >= 0.6 is 0 Å². The smallest absolute Gasteiger partial charge is 0.338 e. The first kappa shape index (κ1) is 18.4. The summed E-state index contributed by atoms with van der Waals surface area (Å²) in [5, 5.41) is 0.422. The first-order valence-electron chi connectivity index (χ1n) is 8.86. The predicted molar refractivity (Wildman–Crippen MR) is 98.9 cm³/mol. The summed E-state index contributed by atoms with van der Waals surface area (Å²) in [6.45, 7) is 0.0437. The van der Waals surface area contributed by atoms with Crippen LogP contribution < -0.4 is 16.4 Å². The van der Waals surface area contributed by atoms with E-state index in [9.17, 15) is 19.2 Å². The molecule has 0 aliphatic carbocycles. The van der Waals surface area contributed by atoms with Gasteiger partial charge in [-0.15, -0.1) is 0 Å². The number of fused-ring (bicyclic) bond motifs is 2. The lowest BCUT2D eigenvalue weighted by Crippen LogP contribution is -2.43. The summed E-state index contributed by atoms with van der Waals surface area (Å²) >= 11 is 0. The van der Waals surface area contributed by atoms with Crippen LogP contribution in [0.2, 0.25) is 0 Å². The highest BCUT2D eigenvalue weighted by molar-refractivity contribution is 5.96. The third kappa shape index (κ3) is 3.72. The average Bonchev–Trinajstić information content (AvgIpc) is 3.42. The monoisotopic (exact) mass is 396 g/mol. The summed E-state index contributed by atoms with van der Waals surface area (Å²) in [5.41, 5.74) is 4.69. The number of hydrogen-bond donors (Lipinski definition) is 2. The Balaban J connectivity index is 1.37. The Kier molecular flexibility index (Phi) is 4.82. The lowest BCUT2D eigenvalue weighted by molar-refractivity contribution is -0.125. The van der Waals surface area contributed by atoms with Crippen LogP contribution in [0.4, 0.5) is 0 Å². The maximum Gasteiger partial charge on any atom is 0.338 e. The van der Waals surface area contributed by atoms with Crippen molar-refractivity contribution in [3.63, 3.8) is 0 Å². The molecule has 1 aliphatic rings. The zero-order chi connectivity index (χ0) is 20.4. The van der Waals surface area contributed by atoms with Gasteiger partial charge in [-0.1, -0.05) is 0 Å². The van der Waals surface area contributed by atoms with Gasteiger partial charge in [0, 0.05) is 13.0 Å². The molecule has 0 saturated carbocycles. The first-order valence-corrected chi connectivity index (χ1v) is 8.86. The van der Waals surface area contributed by atoms with Gasteiger partial charge in [-0.05, 0) is 36.8 Å². The Hall–Kier alpha value is -3.95. The zero-order valence-corrected chi connectivity index (χ0v) is 15.1. The summed E-state index contributed by atoms with van der Waals surface area (Å²) in [6, 6.07) is 7.40. The molecule has 148 valence electrons. The van der Waals surface area contributed by atoms with E-state index in [1.165, 1.54) is 36.6 Å². The number of ether oxygens (including phenoxy) is 1. The molecule has 2 amide bonds. The number of aryl methyl sites for hydroxylation is 1. The summed E-state index contributed by atoms with van der Waals surface area (Å²) in [5.74, 6) is -1.41. The van der Waals surface area contributed by atoms with Gasteiger partial charge in [-0.3, -0.25) is 29.8 Å². The second-order valence-corrected chi connectivity index (χ2v) is 6.38. The van der Waals surface area contributed by atoms with Gasteiger partial charge >= 0.3 is 11.9 Å². The van der Waals surface area contributed by atoms with Crippen LogP contribution in [-0.4, -0.2) is 33.9 Å². The van der Waals surface area contributed by atoms with E-state index in [0.29, 0.717) is 29.7 Å². The van der Waals surface area contributed by atoms with Gasteiger partial charge in [0.05, 0.1) is 22.7 Å². The van der Waals surface area contributed by atoms with Crippen molar-refractivity contribution < 1.29 is 23.5 Å². The molecule has 3 aromatic rings. The molecule has 4 rings (SSSR count). The van der Waals surface area contributed by atoms with Crippen LogP contribution in [0.3, 0.4) is 0 Å². The molecule has 0 atom stereocenters. The highest BCUT2D eigenvalue weighted by Gasteiger charge is 2.18. The number of carbonyl (C=O) groups is 3. The number of amides is 2. The summed E-state index contributed by atoms with van der Waals surface area (Å²) in [4.78, 5) is 52.5. The van der Waals surface area contributed by atoms with Crippen molar-refractivity contribution in [3.8, 4) is 0 Å².